The van der Waals surface area contributed by atoms with Crippen molar-refractivity contribution in [3.63, 3.8) is 0 Å². The Bertz CT molecular complexity index is 890. The number of anilines is 1. The first-order chi connectivity index (χ1) is 11.1. The highest BCUT2D eigenvalue weighted by molar-refractivity contribution is 7.80. The quantitative estimate of drug-likeness (QED) is 0.649. The van der Waals surface area contributed by atoms with E-state index in [9.17, 15) is 9.59 Å². The van der Waals surface area contributed by atoms with E-state index in [2.05, 4.69) is 27.9 Å². The number of hydrogen-bond acceptors (Lipinski definition) is 4. The summed E-state index contributed by atoms with van der Waals surface area (Å²) in [6.45, 7) is 0. The highest BCUT2D eigenvalue weighted by Gasteiger charge is 2.10. The normalized spacial score (nSPS) is 10.3. The minimum atomic E-state index is -0.359. The second kappa shape index (κ2) is 6.50. The molecule has 2 aromatic heterocycles. The van der Waals surface area contributed by atoms with Crippen LogP contribution in [0.2, 0.25) is 0 Å². The maximum Gasteiger partial charge on any atom is 0.271 e. The summed E-state index contributed by atoms with van der Waals surface area (Å²) in [6, 6.07) is 12.0. The summed E-state index contributed by atoms with van der Waals surface area (Å²) in [5, 5.41) is 2.63. The van der Waals surface area contributed by atoms with Gasteiger partial charge in [-0.1, -0.05) is 0 Å². The second-order valence-corrected chi connectivity index (χ2v) is 5.38. The molecule has 0 aliphatic carbocycles. The third-order valence-electron chi connectivity index (χ3n) is 3.29. The molecule has 0 saturated carbocycles. The Kier molecular flexibility index (Phi) is 4.25. The molecule has 2 N–H and O–H groups in total. The zero-order chi connectivity index (χ0) is 16.2. The molecule has 3 rings (SSSR count). The third kappa shape index (κ3) is 3.49. The molecule has 0 aliphatic heterocycles. The van der Waals surface area contributed by atoms with Gasteiger partial charge in [0.2, 0.25) is 0 Å². The number of nitrogens with one attached hydrogen (secondary N) is 2. The molecular weight excluding hydrogens is 310 g/mol. The van der Waals surface area contributed by atoms with Crippen molar-refractivity contribution in [3.8, 4) is 11.1 Å². The molecule has 5 nitrogen and oxygen atoms in total. The van der Waals surface area contributed by atoms with Gasteiger partial charge >= 0.3 is 0 Å². The van der Waals surface area contributed by atoms with Crippen LogP contribution in [-0.4, -0.2) is 15.9 Å². The molecule has 6 heteroatoms. The van der Waals surface area contributed by atoms with Gasteiger partial charge in [-0.15, -0.1) is 12.6 Å². The molecule has 1 amide bonds. The largest absolute Gasteiger partial charge is 0.327 e. The van der Waals surface area contributed by atoms with Crippen LogP contribution in [0, 0.1) is 0 Å². The lowest BCUT2D eigenvalue weighted by Gasteiger charge is -2.07. The first-order valence-electron chi connectivity index (χ1n) is 6.87. The van der Waals surface area contributed by atoms with Crippen LogP contribution in [0.1, 0.15) is 10.4 Å². The minimum absolute atomic E-state index is 0.194. The van der Waals surface area contributed by atoms with E-state index in [-0.39, 0.29) is 17.2 Å². The molecule has 0 radical (unpaired) electrons. The number of hydrogen-bond donors (Lipinski definition) is 3. The van der Waals surface area contributed by atoms with E-state index in [1.54, 1.807) is 48.9 Å². The van der Waals surface area contributed by atoms with Gasteiger partial charge in [0.15, 0.2) is 0 Å². The Morgan fingerprint density at radius 2 is 1.74 bits per heavy atom. The second-order valence-electron chi connectivity index (χ2n) is 4.87. The van der Waals surface area contributed by atoms with Gasteiger partial charge in [-0.2, -0.15) is 0 Å². The van der Waals surface area contributed by atoms with Crippen LogP contribution < -0.4 is 10.9 Å². The van der Waals surface area contributed by atoms with Crippen molar-refractivity contribution in [2.24, 2.45) is 0 Å². The highest BCUT2D eigenvalue weighted by Crippen LogP contribution is 2.19. The van der Waals surface area contributed by atoms with E-state index in [0.29, 0.717) is 5.56 Å². The van der Waals surface area contributed by atoms with Crippen LogP contribution in [0.5, 0.6) is 0 Å². The molecule has 114 valence electrons. The van der Waals surface area contributed by atoms with Gasteiger partial charge in [0.25, 0.3) is 11.5 Å². The zero-order valence-electron chi connectivity index (χ0n) is 12.0. The number of carbonyl (C=O) groups excluding carboxylic acids is 1. The fourth-order valence-electron chi connectivity index (χ4n) is 2.09. The molecule has 0 fully saturated rings. The van der Waals surface area contributed by atoms with Crippen LogP contribution in [0.25, 0.3) is 11.1 Å². The number of benzene rings is 1. The van der Waals surface area contributed by atoms with E-state index in [0.717, 1.165) is 16.0 Å². The predicted octanol–water partition coefficient (Wildman–Crippen LogP) is 2.98. The number of amides is 1. The van der Waals surface area contributed by atoms with Crippen LogP contribution in [0.15, 0.2) is 70.7 Å². The van der Waals surface area contributed by atoms with Crippen molar-refractivity contribution in [1.82, 2.24) is 9.97 Å². The molecule has 0 saturated heterocycles. The summed E-state index contributed by atoms with van der Waals surface area (Å²) < 4.78 is 0. The number of nitrogens with zero attached hydrogens (tertiary/aromatic N) is 1. The van der Waals surface area contributed by atoms with Gasteiger partial charge in [0.05, 0.1) is 0 Å². The van der Waals surface area contributed by atoms with E-state index in [1.807, 2.05) is 12.1 Å². The summed E-state index contributed by atoms with van der Waals surface area (Å²) in [5.74, 6) is -0.351. The number of pyridine rings is 2. The first kappa shape index (κ1) is 15.1. The molecule has 23 heavy (non-hydrogen) atoms. The molecule has 3 aromatic rings. The van der Waals surface area contributed by atoms with Crippen LogP contribution >= 0.6 is 12.6 Å². The van der Waals surface area contributed by atoms with E-state index in [1.165, 1.54) is 0 Å². The van der Waals surface area contributed by atoms with Crippen molar-refractivity contribution >= 4 is 24.2 Å². The van der Waals surface area contributed by atoms with E-state index >= 15 is 0 Å². The van der Waals surface area contributed by atoms with Gasteiger partial charge in [-0.3, -0.25) is 14.6 Å². The van der Waals surface area contributed by atoms with Crippen LogP contribution in [-0.2, 0) is 0 Å². The average molecular weight is 323 g/mol. The topological polar surface area (TPSA) is 74.8 Å². The van der Waals surface area contributed by atoms with Gasteiger partial charge in [-0.05, 0) is 48.0 Å². The number of carbonyl (C=O) groups is 1. The average Bonchev–Trinajstić information content (AvgIpc) is 2.58. The first-order valence-corrected chi connectivity index (χ1v) is 7.32. The van der Waals surface area contributed by atoms with Crippen molar-refractivity contribution in [2.75, 3.05) is 5.32 Å². The number of rotatable bonds is 3. The summed E-state index contributed by atoms with van der Waals surface area (Å²) in [7, 11) is 0. The SMILES string of the molecule is O=C(Nc1cc(-c2ccncc2)c[nH]c1=O)c1ccc(S)cc1. The lowest BCUT2D eigenvalue weighted by atomic mass is 10.1. The number of aromatic nitrogens is 2. The maximum atomic E-state index is 12.2. The smallest absolute Gasteiger partial charge is 0.271 e. The van der Waals surface area contributed by atoms with Crippen molar-refractivity contribution in [2.45, 2.75) is 4.90 Å². The Morgan fingerprint density at radius 3 is 2.43 bits per heavy atom. The molecule has 0 unspecified atom stereocenters. The van der Waals surface area contributed by atoms with Gasteiger partial charge in [0.1, 0.15) is 5.69 Å². The predicted molar refractivity (Wildman–Crippen MR) is 91.9 cm³/mol. The number of H-pyrrole nitrogens is 1. The molecule has 1 aromatic carbocycles. The summed E-state index contributed by atoms with van der Waals surface area (Å²) in [5.41, 5.74) is 1.97. The standard InChI is InChI=1S/C17H13N3O2S/c21-16(12-1-3-14(23)4-2-12)20-15-9-13(10-19-17(15)22)11-5-7-18-8-6-11/h1-10,23H,(H,19,22)(H,20,21). The summed E-state index contributed by atoms with van der Waals surface area (Å²) in [6.07, 6.45) is 4.93. The van der Waals surface area contributed by atoms with E-state index in [4.69, 9.17) is 0 Å². The zero-order valence-corrected chi connectivity index (χ0v) is 12.9. The number of thiol groups is 1. The Morgan fingerprint density at radius 1 is 1.04 bits per heavy atom. The highest BCUT2D eigenvalue weighted by atomic mass is 32.1. The molecule has 0 aliphatic rings. The Labute approximate surface area is 137 Å². The molecular formula is C17H13N3O2S. The molecule has 0 atom stereocenters. The minimum Gasteiger partial charge on any atom is -0.327 e. The fraction of sp³-hybridized carbons (Fsp3) is 0. The lowest BCUT2D eigenvalue weighted by molar-refractivity contribution is 0.102. The third-order valence-corrected chi connectivity index (χ3v) is 3.59. The summed E-state index contributed by atoms with van der Waals surface area (Å²) >= 11 is 4.18. The van der Waals surface area contributed by atoms with Gasteiger partial charge < -0.3 is 10.3 Å². The van der Waals surface area contributed by atoms with Crippen molar-refractivity contribution in [3.05, 3.63) is 77.0 Å². The van der Waals surface area contributed by atoms with E-state index < -0.39 is 0 Å². The lowest BCUT2D eigenvalue weighted by Crippen LogP contribution is -2.19. The van der Waals surface area contributed by atoms with Crippen LogP contribution in [0.3, 0.4) is 0 Å². The van der Waals surface area contributed by atoms with Crippen molar-refractivity contribution in [1.29, 1.82) is 0 Å². The summed E-state index contributed by atoms with van der Waals surface area (Å²) in [4.78, 5) is 31.5. The molecule has 0 bridgehead atoms. The Hall–Kier alpha value is -2.86. The van der Waals surface area contributed by atoms with Crippen LogP contribution in [0.4, 0.5) is 5.69 Å². The Balaban J connectivity index is 1.89. The maximum absolute atomic E-state index is 12.2. The fourth-order valence-corrected chi connectivity index (χ4v) is 2.24. The molecule has 0 spiro atoms. The monoisotopic (exact) mass is 323 g/mol. The van der Waals surface area contributed by atoms with Gasteiger partial charge in [0, 0.05) is 34.6 Å². The van der Waals surface area contributed by atoms with Crippen molar-refractivity contribution < 1.29 is 4.79 Å². The number of aromatic amines is 1. The molecule has 2 heterocycles. The van der Waals surface area contributed by atoms with Gasteiger partial charge in [-0.25, -0.2) is 0 Å².